The first-order valence-corrected chi connectivity index (χ1v) is 7.96. The lowest BCUT2D eigenvalue weighted by Crippen LogP contribution is -2.20. The minimum atomic E-state index is -1.48. The first-order chi connectivity index (χ1) is 9.97. The largest absolute Gasteiger partial charge is 0.398 e. The third kappa shape index (κ3) is 4.06. The smallest absolute Gasteiger partial charge is 0.237 e. The van der Waals surface area contributed by atoms with Gasteiger partial charge in [-0.15, -0.1) is 0 Å². The third-order valence-electron chi connectivity index (χ3n) is 2.90. The Morgan fingerprint density at radius 3 is 2.71 bits per heavy atom. The Hall–Kier alpha value is -1.85. The molecule has 2 aromatic rings. The molecule has 0 aliphatic heterocycles. The van der Waals surface area contributed by atoms with Gasteiger partial charge in [0.1, 0.15) is 5.75 Å². The predicted octanol–water partition coefficient (Wildman–Crippen LogP) is 2.98. The molecule has 0 saturated heterocycles. The highest BCUT2D eigenvalue weighted by atomic mass is 35.5. The molecular weight excluding hydrogens is 308 g/mol. The number of nitrogen functional groups attached to an aromatic ring is 1. The second-order valence-electron chi connectivity index (χ2n) is 4.54. The van der Waals surface area contributed by atoms with Crippen LogP contribution in [-0.4, -0.2) is 15.9 Å². The van der Waals surface area contributed by atoms with Crippen molar-refractivity contribution >= 4 is 39.7 Å². The van der Waals surface area contributed by atoms with Gasteiger partial charge in [0.05, 0.1) is 21.4 Å². The number of nitrogens with one attached hydrogen (secondary N) is 1. The third-order valence-corrected chi connectivity index (χ3v) is 4.51. The van der Waals surface area contributed by atoms with Gasteiger partial charge in [0.25, 0.3) is 0 Å². The van der Waals surface area contributed by atoms with Crippen LogP contribution in [0.15, 0.2) is 47.4 Å². The van der Waals surface area contributed by atoms with Crippen LogP contribution in [0.4, 0.5) is 11.4 Å². The average Bonchev–Trinajstić information content (AvgIpc) is 2.41. The molecule has 1 amide bonds. The molecule has 0 aliphatic rings. The minimum Gasteiger partial charge on any atom is -0.398 e. The van der Waals surface area contributed by atoms with Crippen molar-refractivity contribution in [2.75, 3.05) is 16.8 Å². The van der Waals surface area contributed by atoms with Gasteiger partial charge < -0.3 is 11.1 Å². The van der Waals surface area contributed by atoms with E-state index in [0.29, 0.717) is 21.3 Å². The van der Waals surface area contributed by atoms with Crippen LogP contribution >= 0.6 is 11.6 Å². The van der Waals surface area contributed by atoms with Crippen molar-refractivity contribution in [2.45, 2.75) is 11.8 Å². The van der Waals surface area contributed by atoms with Crippen LogP contribution in [0.1, 0.15) is 5.56 Å². The van der Waals surface area contributed by atoms with Crippen LogP contribution < -0.4 is 11.1 Å². The molecule has 2 aromatic carbocycles. The summed E-state index contributed by atoms with van der Waals surface area (Å²) >= 11 is 5.84. The number of para-hydroxylation sites is 1. The summed E-state index contributed by atoms with van der Waals surface area (Å²) in [6, 6.07) is 12.1. The fourth-order valence-electron chi connectivity index (χ4n) is 1.81. The molecule has 0 heterocycles. The van der Waals surface area contributed by atoms with Crippen molar-refractivity contribution in [1.82, 2.24) is 0 Å². The minimum absolute atomic E-state index is 0.153. The van der Waals surface area contributed by atoms with E-state index < -0.39 is 10.8 Å². The summed E-state index contributed by atoms with van der Waals surface area (Å²) in [7, 11) is -1.48. The van der Waals surface area contributed by atoms with E-state index in [1.807, 2.05) is 13.0 Å². The highest BCUT2D eigenvalue weighted by molar-refractivity contribution is 7.86. The molecule has 4 nitrogen and oxygen atoms in total. The molecule has 0 fully saturated rings. The van der Waals surface area contributed by atoms with E-state index in [-0.39, 0.29) is 11.7 Å². The summed E-state index contributed by atoms with van der Waals surface area (Å²) in [4.78, 5) is 12.4. The maximum absolute atomic E-state index is 12.2. The van der Waals surface area contributed by atoms with Crippen LogP contribution in [0.2, 0.25) is 5.02 Å². The topological polar surface area (TPSA) is 72.2 Å². The lowest BCUT2D eigenvalue weighted by atomic mass is 10.2. The Kier molecular flexibility index (Phi) is 4.98. The van der Waals surface area contributed by atoms with Crippen LogP contribution in [0.5, 0.6) is 0 Å². The number of hydrogen-bond donors (Lipinski definition) is 2. The van der Waals surface area contributed by atoms with Gasteiger partial charge in [-0.2, -0.15) is 0 Å². The van der Waals surface area contributed by atoms with Gasteiger partial charge in [-0.1, -0.05) is 29.8 Å². The summed E-state index contributed by atoms with van der Waals surface area (Å²) in [5.41, 5.74) is 7.77. The van der Waals surface area contributed by atoms with E-state index in [4.69, 9.17) is 17.3 Å². The van der Waals surface area contributed by atoms with Crippen molar-refractivity contribution in [2.24, 2.45) is 0 Å². The molecule has 0 aliphatic carbocycles. The molecule has 1 unspecified atom stereocenters. The summed E-state index contributed by atoms with van der Waals surface area (Å²) < 4.78 is 12.2. The number of carbonyl (C=O) groups is 1. The highest BCUT2D eigenvalue weighted by Gasteiger charge is 2.14. The van der Waals surface area contributed by atoms with Gasteiger partial charge in [0, 0.05) is 10.7 Å². The number of rotatable bonds is 4. The lowest BCUT2D eigenvalue weighted by molar-refractivity contribution is -0.113. The normalized spacial score (nSPS) is 11.9. The first-order valence-electron chi connectivity index (χ1n) is 6.26. The van der Waals surface area contributed by atoms with Crippen molar-refractivity contribution in [3.05, 3.63) is 53.1 Å². The molecule has 110 valence electrons. The summed E-state index contributed by atoms with van der Waals surface area (Å²) in [5.74, 6) is -0.503. The molecule has 0 bridgehead atoms. The molecule has 21 heavy (non-hydrogen) atoms. The van der Waals surface area contributed by atoms with Crippen molar-refractivity contribution in [3.8, 4) is 0 Å². The number of anilines is 2. The fourth-order valence-corrected chi connectivity index (χ4v) is 3.11. The van der Waals surface area contributed by atoms with E-state index in [2.05, 4.69) is 5.32 Å². The van der Waals surface area contributed by atoms with E-state index in [0.717, 1.165) is 5.56 Å². The second-order valence-corrected chi connectivity index (χ2v) is 6.39. The van der Waals surface area contributed by atoms with E-state index >= 15 is 0 Å². The number of amides is 1. The Balaban J connectivity index is 2.06. The molecule has 0 aromatic heterocycles. The zero-order chi connectivity index (χ0) is 15.4. The molecular formula is C15H15ClN2O2S. The number of carbonyl (C=O) groups excluding carboxylic acids is 1. The fraction of sp³-hybridized carbons (Fsp3) is 0.133. The zero-order valence-corrected chi connectivity index (χ0v) is 13.0. The second kappa shape index (κ2) is 6.74. The molecule has 0 spiro atoms. The van der Waals surface area contributed by atoms with Crippen molar-refractivity contribution in [3.63, 3.8) is 0 Å². The maximum Gasteiger partial charge on any atom is 0.237 e. The Bertz CT molecular complexity index is 704. The zero-order valence-electron chi connectivity index (χ0n) is 11.4. The van der Waals surface area contributed by atoms with Crippen molar-refractivity contribution < 1.29 is 9.00 Å². The molecule has 2 rings (SSSR count). The average molecular weight is 323 g/mol. The Morgan fingerprint density at radius 2 is 2.00 bits per heavy atom. The van der Waals surface area contributed by atoms with Gasteiger partial charge in [-0.05, 0) is 36.8 Å². The first kappa shape index (κ1) is 15.5. The summed E-state index contributed by atoms with van der Waals surface area (Å²) in [5, 5.41) is 3.19. The summed E-state index contributed by atoms with van der Waals surface area (Å²) in [6.07, 6.45) is 0. The van der Waals surface area contributed by atoms with Gasteiger partial charge in [-0.25, -0.2) is 0 Å². The van der Waals surface area contributed by atoms with Crippen LogP contribution in [0.3, 0.4) is 0 Å². The maximum atomic E-state index is 12.2. The monoisotopic (exact) mass is 322 g/mol. The van der Waals surface area contributed by atoms with Crippen LogP contribution in [0, 0.1) is 6.92 Å². The molecule has 0 radical (unpaired) electrons. The van der Waals surface area contributed by atoms with E-state index in [1.165, 1.54) is 0 Å². The number of halogens is 1. The predicted molar refractivity (Wildman–Crippen MR) is 86.9 cm³/mol. The highest BCUT2D eigenvalue weighted by Crippen LogP contribution is 2.20. The number of benzene rings is 2. The van der Waals surface area contributed by atoms with Crippen LogP contribution in [-0.2, 0) is 15.6 Å². The number of hydrogen-bond acceptors (Lipinski definition) is 3. The quantitative estimate of drug-likeness (QED) is 0.850. The van der Waals surface area contributed by atoms with Crippen molar-refractivity contribution in [1.29, 1.82) is 0 Å². The van der Waals surface area contributed by atoms with E-state index in [1.54, 1.807) is 36.4 Å². The molecule has 3 N–H and O–H groups in total. The Morgan fingerprint density at radius 1 is 1.29 bits per heavy atom. The van der Waals surface area contributed by atoms with Gasteiger partial charge in [0.2, 0.25) is 5.91 Å². The van der Waals surface area contributed by atoms with Crippen LogP contribution in [0.25, 0.3) is 0 Å². The molecule has 0 saturated carbocycles. The Labute approximate surface area is 130 Å². The SMILES string of the molecule is Cc1cccc(S(=O)CC(=O)Nc2cccc(Cl)c2)c1N. The lowest BCUT2D eigenvalue weighted by Gasteiger charge is -2.09. The number of aryl methyl sites for hydroxylation is 1. The molecule has 6 heteroatoms. The van der Waals surface area contributed by atoms with Gasteiger partial charge >= 0.3 is 0 Å². The number of nitrogens with two attached hydrogens (primary N) is 1. The summed E-state index contributed by atoms with van der Waals surface area (Å²) in [6.45, 7) is 1.84. The molecule has 1 atom stereocenters. The van der Waals surface area contributed by atoms with Gasteiger partial charge in [-0.3, -0.25) is 9.00 Å². The van der Waals surface area contributed by atoms with E-state index in [9.17, 15) is 9.00 Å². The van der Waals surface area contributed by atoms with Gasteiger partial charge in [0.15, 0.2) is 0 Å². The standard InChI is InChI=1S/C15H15ClN2O2S/c1-10-4-2-7-13(15(10)17)21(20)9-14(19)18-12-6-3-5-11(16)8-12/h2-8H,9,17H2,1H3,(H,18,19).